The predicted molar refractivity (Wildman–Crippen MR) is 194 cm³/mol. The number of fused-ring (bicyclic) bond motifs is 6. The monoisotopic (exact) mass is 628 g/mol. The average molecular weight is 629 g/mol. The fourth-order valence-electron chi connectivity index (χ4n) is 7.65. The molecule has 1 aliphatic heterocycles. The van der Waals surface area contributed by atoms with Crippen LogP contribution in [0.1, 0.15) is 22.3 Å². The van der Waals surface area contributed by atoms with Gasteiger partial charge in [-0.1, -0.05) is 121 Å². The second kappa shape index (κ2) is 10.8. The van der Waals surface area contributed by atoms with Crippen LogP contribution in [-0.2, 0) is 5.41 Å². The highest BCUT2D eigenvalue weighted by Crippen LogP contribution is 2.59. The molecule has 2 aliphatic rings. The fraction of sp³-hybridized carbons (Fsp3) is 0.0222. The highest BCUT2D eigenvalue weighted by molar-refractivity contribution is 5.88. The van der Waals surface area contributed by atoms with Crippen molar-refractivity contribution in [3.05, 3.63) is 192 Å². The Kier molecular flexibility index (Phi) is 6.06. The number of aromatic nitrogens is 2. The molecule has 0 fully saturated rings. The van der Waals surface area contributed by atoms with E-state index in [1.165, 1.54) is 27.8 Å². The molecule has 0 unspecified atom stereocenters. The molecule has 0 spiro atoms. The van der Waals surface area contributed by atoms with E-state index in [0.717, 1.165) is 39.0 Å². The molecule has 230 valence electrons. The molecule has 0 radical (unpaired) electrons. The largest absolute Gasteiger partial charge is 0.450 e. The van der Waals surface area contributed by atoms with Gasteiger partial charge in [0.2, 0.25) is 0 Å². The lowest BCUT2D eigenvalue weighted by molar-refractivity contribution is 0.359. The highest BCUT2D eigenvalue weighted by Gasteiger charge is 2.47. The maximum atomic E-state index is 6.68. The SMILES string of the molecule is c1ccc(C2(c3ccccc3)c3ccccc3-c3cc4c(cc32)Oc2ccc(-c3cccc(-c5cnc6ccccc6n5)c3)cc2O4)cc1. The first-order valence-electron chi connectivity index (χ1n) is 16.5. The maximum Gasteiger partial charge on any atom is 0.170 e. The molecule has 4 heteroatoms. The summed E-state index contributed by atoms with van der Waals surface area (Å²) in [4.78, 5) is 9.48. The number of hydrogen-bond acceptors (Lipinski definition) is 4. The Bertz CT molecular complexity index is 2520. The Morgan fingerprint density at radius 3 is 1.86 bits per heavy atom. The number of nitrogens with zero attached hydrogens (tertiary/aromatic N) is 2. The molecule has 0 saturated carbocycles. The van der Waals surface area contributed by atoms with Crippen LogP contribution < -0.4 is 9.47 Å². The molecule has 0 amide bonds. The van der Waals surface area contributed by atoms with Crippen molar-refractivity contribution in [2.45, 2.75) is 5.41 Å². The second-order valence-corrected chi connectivity index (χ2v) is 12.6. The van der Waals surface area contributed by atoms with Crippen molar-refractivity contribution in [3.63, 3.8) is 0 Å². The van der Waals surface area contributed by atoms with E-state index in [1.54, 1.807) is 0 Å². The van der Waals surface area contributed by atoms with Gasteiger partial charge in [0.05, 0.1) is 28.3 Å². The van der Waals surface area contributed by atoms with Gasteiger partial charge in [0.25, 0.3) is 0 Å². The number of rotatable bonds is 4. The van der Waals surface area contributed by atoms with Gasteiger partial charge < -0.3 is 9.47 Å². The zero-order valence-electron chi connectivity index (χ0n) is 26.4. The van der Waals surface area contributed by atoms with E-state index in [1.807, 2.05) is 36.5 Å². The van der Waals surface area contributed by atoms with Gasteiger partial charge in [-0.3, -0.25) is 4.98 Å². The number of para-hydroxylation sites is 2. The van der Waals surface area contributed by atoms with Crippen LogP contribution in [0.25, 0.3) is 44.5 Å². The Balaban J connectivity index is 1.06. The molecule has 10 rings (SSSR count). The molecule has 0 atom stereocenters. The van der Waals surface area contributed by atoms with E-state index in [4.69, 9.17) is 14.5 Å². The third-order valence-corrected chi connectivity index (χ3v) is 9.85. The van der Waals surface area contributed by atoms with Gasteiger partial charge in [0.1, 0.15) is 0 Å². The van der Waals surface area contributed by atoms with Gasteiger partial charge in [-0.2, -0.15) is 0 Å². The summed E-state index contributed by atoms with van der Waals surface area (Å²) in [5.41, 5.74) is 12.4. The summed E-state index contributed by atoms with van der Waals surface area (Å²) in [6.45, 7) is 0. The van der Waals surface area contributed by atoms with Crippen molar-refractivity contribution in [1.29, 1.82) is 0 Å². The first-order valence-corrected chi connectivity index (χ1v) is 16.5. The standard InChI is InChI=1S/C45H28N2O2/c1-3-14-32(15-4-1)45(33-16-5-2-6-17-33)36-19-8-7-18-34(36)35-26-43-44(27-37(35)45)48-41-23-22-30(25-42(41)49-43)29-12-11-13-31(24-29)40-28-46-38-20-9-10-21-39(38)47-40/h1-28H. The van der Waals surface area contributed by atoms with Crippen molar-refractivity contribution in [1.82, 2.24) is 9.97 Å². The van der Waals surface area contributed by atoms with Crippen LogP contribution in [0.3, 0.4) is 0 Å². The first-order chi connectivity index (χ1) is 24.3. The molecular weight excluding hydrogens is 601 g/mol. The lowest BCUT2D eigenvalue weighted by Gasteiger charge is -2.34. The molecule has 2 heterocycles. The minimum Gasteiger partial charge on any atom is -0.450 e. The van der Waals surface area contributed by atoms with E-state index < -0.39 is 5.41 Å². The number of hydrogen-bond donors (Lipinski definition) is 0. The van der Waals surface area contributed by atoms with Gasteiger partial charge in [-0.15, -0.1) is 0 Å². The van der Waals surface area contributed by atoms with E-state index in [-0.39, 0.29) is 0 Å². The molecule has 8 aromatic rings. The Labute approximate surface area is 283 Å². The Morgan fingerprint density at radius 1 is 0.408 bits per heavy atom. The van der Waals surface area contributed by atoms with Crippen LogP contribution in [0.4, 0.5) is 0 Å². The van der Waals surface area contributed by atoms with Crippen LogP contribution in [0.15, 0.2) is 170 Å². The quantitative estimate of drug-likeness (QED) is 0.195. The van der Waals surface area contributed by atoms with Crippen molar-refractivity contribution < 1.29 is 9.47 Å². The van der Waals surface area contributed by atoms with Crippen LogP contribution in [-0.4, -0.2) is 9.97 Å². The summed E-state index contributed by atoms with van der Waals surface area (Å²) in [5.74, 6) is 2.79. The van der Waals surface area contributed by atoms with E-state index in [9.17, 15) is 0 Å². The van der Waals surface area contributed by atoms with Crippen LogP contribution in [0.2, 0.25) is 0 Å². The molecule has 1 aromatic heterocycles. The van der Waals surface area contributed by atoms with Gasteiger partial charge in [0.15, 0.2) is 23.0 Å². The van der Waals surface area contributed by atoms with Gasteiger partial charge in [-0.05, 0) is 87.0 Å². The van der Waals surface area contributed by atoms with E-state index in [2.05, 4.69) is 138 Å². The van der Waals surface area contributed by atoms with Crippen LogP contribution in [0, 0.1) is 0 Å². The summed E-state index contributed by atoms with van der Waals surface area (Å²) in [7, 11) is 0. The van der Waals surface area contributed by atoms with Gasteiger partial charge >= 0.3 is 0 Å². The minimum atomic E-state index is -0.503. The zero-order chi connectivity index (χ0) is 32.4. The van der Waals surface area contributed by atoms with Gasteiger partial charge in [0, 0.05) is 5.56 Å². The number of benzene rings is 7. The summed E-state index contributed by atoms with van der Waals surface area (Å²) in [6, 6.07) is 57.1. The normalized spacial score (nSPS) is 13.4. The van der Waals surface area contributed by atoms with Gasteiger partial charge in [-0.25, -0.2) is 4.98 Å². The molecule has 0 bridgehead atoms. The lowest BCUT2D eigenvalue weighted by atomic mass is 9.67. The topological polar surface area (TPSA) is 44.2 Å². The fourth-order valence-corrected chi connectivity index (χ4v) is 7.65. The summed E-state index contributed by atoms with van der Waals surface area (Å²) in [6.07, 6.45) is 1.84. The summed E-state index contributed by atoms with van der Waals surface area (Å²) < 4.78 is 13.3. The van der Waals surface area contributed by atoms with Crippen molar-refractivity contribution >= 4 is 11.0 Å². The first kappa shape index (κ1) is 27.6. The van der Waals surface area contributed by atoms with E-state index >= 15 is 0 Å². The molecule has 7 aromatic carbocycles. The Hall–Kier alpha value is -6.52. The van der Waals surface area contributed by atoms with Crippen molar-refractivity contribution in [2.75, 3.05) is 0 Å². The summed E-state index contributed by atoms with van der Waals surface area (Å²) >= 11 is 0. The Morgan fingerprint density at radius 2 is 1.04 bits per heavy atom. The second-order valence-electron chi connectivity index (χ2n) is 12.6. The minimum absolute atomic E-state index is 0.503. The van der Waals surface area contributed by atoms with Crippen LogP contribution >= 0.6 is 0 Å². The maximum absolute atomic E-state index is 6.68. The average Bonchev–Trinajstić information content (AvgIpc) is 3.46. The molecule has 0 saturated heterocycles. The predicted octanol–water partition coefficient (Wildman–Crippen LogP) is 11.2. The molecule has 4 nitrogen and oxygen atoms in total. The molecule has 1 aliphatic carbocycles. The van der Waals surface area contributed by atoms with E-state index in [0.29, 0.717) is 23.0 Å². The summed E-state index contributed by atoms with van der Waals surface area (Å²) in [5, 5.41) is 0. The highest BCUT2D eigenvalue weighted by atomic mass is 16.6. The molecular formula is C45H28N2O2. The number of ether oxygens (including phenoxy) is 2. The third kappa shape index (κ3) is 4.24. The molecule has 0 N–H and O–H groups in total. The lowest BCUT2D eigenvalue weighted by Crippen LogP contribution is -2.28. The zero-order valence-corrected chi connectivity index (χ0v) is 26.4. The smallest absolute Gasteiger partial charge is 0.170 e. The molecule has 49 heavy (non-hydrogen) atoms. The van der Waals surface area contributed by atoms with Crippen LogP contribution in [0.5, 0.6) is 23.0 Å². The van der Waals surface area contributed by atoms with Crippen molar-refractivity contribution in [2.24, 2.45) is 0 Å². The van der Waals surface area contributed by atoms with Crippen molar-refractivity contribution in [3.8, 4) is 56.5 Å². The third-order valence-electron chi connectivity index (χ3n) is 9.85.